The van der Waals surface area contributed by atoms with Crippen molar-refractivity contribution in [3.8, 4) is 0 Å². The van der Waals surface area contributed by atoms with Gasteiger partial charge in [-0.05, 0) is 6.42 Å². The van der Waals surface area contributed by atoms with Gasteiger partial charge in [-0.2, -0.15) is 0 Å². The summed E-state index contributed by atoms with van der Waals surface area (Å²) >= 11 is 4.51. The van der Waals surface area contributed by atoms with E-state index in [0.717, 1.165) is 19.6 Å². The van der Waals surface area contributed by atoms with Crippen LogP contribution in [0.5, 0.6) is 0 Å². The second-order valence-corrected chi connectivity index (χ2v) is 5.09. The van der Waals surface area contributed by atoms with Crippen LogP contribution in [-0.4, -0.2) is 30.0 Å². The third kappa shape index (κ3) is 5.79. The van der Waals surface area contributed by atoms with Crippen molar-refractivity contribution in [3.05, 3.63) is 0 Å². The van der Waals surface area contributed by atoms with E-state index in [2.05, 4.69) is 29.4 Å². The van der Waals surface area contributed by atoms with Crippen LogP contribution in [0.15, 0.2) is 0 Å². The van der Waals surface area contributed by atoms with E-state index in [0.29, 0.717) is 6.04 Å². The molecule has 1 unspecified atom stereocenters. The van der Waals surface area contributed by atoms with Gasteiger partial charge in [0, 0.05) is 25.7 Å². The monoisotopic (exact) mass is 230 g/mol. The molecule has 1 saturated heterocycles. The van der Waals surface area contributed by atoms with Gasteiger partial charge in [0.15, 0.2) is 0 Å². The SMILES string of the molecule is CCCCCCCCC1CNCCN1S. The number of piperazine rings is 1. The molecule has 1 rings (SSSR count). The molecule has 1 N–H and O–H groups in total. The van der Waals surface area contributed by atoms with Gasteiger partial charge in [0.25, 0.3) is 0 Å². The highest BCUT2D eigenvalue weighted by Gasteiger charge is 2.18. The Balaban J connectivity index is 1.94. The minimum absolute atomic E-state index is 0.660. The lowest BCUT2D eigenvalue weighted by molar-refractivity contribution is 0.274. The smallest absolute Gasteiger partial charge is 0.0325 e. The number of hydrogen-bond acceptors (Lipinski definition) is 3. The van der Waals surface area contributed by atoms with Gasteiger partial charge in [0.05, 0.1) is 0 Å². The van der Waals surface area contributed by atoms with Gasteiger partial charge in [-0.15, -0.1) is 0 Å². The van der Waals surface area contributed by atoms with Crippen molar-refractivity contribution in [1.82, 2.24) is 9.62 Å². The molecule has 0 radical (unpaired) electrons. The number of rotatable bonds is 7. The van der Waals surface area contributed by atoms with E-state index in [1.54, 1.807) is 0 Å². The molecule has 0 aliphatic carbocycles. The second-order valence-electron chi connectivity index (χ2n) is 4.58. The molecule has 1 fully saturated rings. The van der Waals surface area contributed by atoms with Crippen molar-refractivity contribution in [2.75, 3.05) is 19.6 Å². The average Bonchev–Trinajstić information content (AvgIpc) is 2.25. The van der Waals surface area contributed by atoms with Gasteiger partial charge in [0.2, 0.25) is 0 Å². The Labute approximate surface area is 100 Å². The van der Waals surface area contributed by atoms with Crippen molar-refractivity contribution < 1.29 is 0 Å². The molecule has 1 aliphatic rings. The van der Waals surface area contributed by atoms with E-state index in [1.165, 1.54) is 44.9 Å². The highest BCUT2D eigenvalue weighted by Crippen LogP contribution is 2.14. The molecule has 0 bridgehead atoms. The molecule has 0 spiro atoms. The van der Waals surface area contributed by atoms with E-state index in [1.807, 2.05) is 0 Å². The van der Waals surface area contributed by atoms with Crippen LogP contribution in [0.3, 0.4) is 0 Å². The van der Waals surface area contributed by atoms with Gasteiger partial charge in [-0.25, -0.2) is 4.31 Å². The molecule has 0 aromatic carbocycles. The van der Waals surface area contributed by atoms with Gasteiger partial charge >= 0.3 is 0 Å². The summed E-state index contributed by atoms with van der Waals surface area (Å²) in [4.78, 5) is 0. The van der Waals surface area contributed by atoms with E-state index in [-0.39, 0.29) is 0 Å². The highest BCUT2D eigenvalue weighted by atomic mass is 32.1. The van der Waals surface area contributed by atoms with Crippen molar-refractivity contribution in [3.63, 3.8) is 0 Å². The van der Waals surface area contributed by atoms with Crippen molar-refractivity contribution in [2.45, 2.75) is 57.9 Å². The lowest BCUT2D eigenvalue weighted by Gasteiger charge is -2.31. The summed E-state index contributed by atoms with van der Waals surface area (Å²) in [6, 6.07) is 0.660. The molecule has 0 amide bonds. The highest BCUT2D eigenvalue weighted by molar-refractivity contribution is 7.77. The Morgan fingerprint density at radius 1 is 1.20 bits per heavy atom. The van der Waals surface area contributed by atoms with Crippen LogP contribution in [0.25, 0.3) is 0 Å². The zero-order valence-electron chi connectivity index (χ0n) is 10.0. The van der Waals surface area contributed by atoms with Crippen LogP contribution in [0.1, 0.15) is 51.9 Å². The Hall–Kier alpha value is 0.270. The normalized spacial score (nSPS) is 23.2. The van der Waals surface area contributed by atoms with Crippen LogP contribution >= 0.6 is 12.8 Å². The first kappa shape index (κ1) is 13.3. The van der Waals surface area contributed by atoms with Crippen LogP contribution in [0.4, 0.5) is 0 Å². The summed E-state index contributed by atoms with van der Waals surface area (Å²) in [5.41, 5.74) is 0. The van der Waals surface area contributed by atoms with Crippen LogP contribution in [0.2, 0.25) is 0 Å². The fourth-order valence-corrected chi connectivity index (χ4v) is 2.46. The number of unbranched alkanes of at least 4 members (excludes halogenated alkanes) is 5. The van der Waals surface area contributed by atoms with Crippen molar-refractivity contribution >= 4 is 12.8 Å². The maximum atomic E-state index is 4.51. The van der Waals surface area contributed by atoms with E-state index >= 15 is 0 Å². The molecule has 90 valence electrons. The third-order valence-electron chi connectivity index (χ3n) is 3.21. The summed E-state index contributed by atoms with van der Waals surface area (Å²) < 4.78 is 2.21. The summed E-state index contributed by atoms with van der Waals surface area (Å²) in [6.45, 7) is 5.57. The first-order valence-electron chi connectivity index (χ1n) is 6.51. The largest absolute Gasteiger partial charge is 0.314 e. The van der Waals surface area contributed by atoms with E-state index < -0.39 is 0 Å². The lowest BCUT2D eigenvalue weighted by atomic mass is 10.0. The topological polar surface area (TPSA) is 15.3 Å². The van der Waals surface area contributed by atoms with Crippen LogP contribution in [0, 0.1) is 0 Å². The fourth-order valence-electron chi connectivity index (χ4n) is 2.16. The molecule has 1 atom stereocenters. The predicted molar refractivity (Wildman–Crippen MR) is 70.3 cm³/mol. The Morgan fingerprint density at radius 3 is 2.67 bits per heavy atom. The zero-order chi connectivity index (χ0) is 10.9. The molecule has 1 heterocycles. The number of nitrogens with one attached hydrogen (secondary N) is 1. The maximum Gasteiger partial charge on any atom is 0.0325 e. The molecule has 2 nitrogen and oxygen atoms in total. The minimum Gasteiger partial charge on any atom is -0.314 e. The first-order chi connectivity index (χ1) is 7.34. The summed E-state index contributed by atoms with van der Waals surface area (Å²) in [7, 11) is 0. The molecule has 0 saturated carbocycles. The maximum absolute atomic E-state index is 4.51. The molecule has 1 aliphatic heterocycles. The van der Waals surface area contributed by atoms with Gasteiger partial charge in [0.1, 0.15) is 0 Å². The van der Waals surface area contributed by atoms with E-state index in [4.69, 9.17) is 0 Å². The Bertz CT molecular complexity index is 153. The van der Waals surface area contributed by atoms with Gasteiger partial charge in [-0.3, -0.25) is 0 Å². The number of thiol groups is 1. The predicted octanol–water partition coefficient (Wildman–Crippen LogP) is 2.86. The van der Waals surface area contributed by atoms with E-state index in [9.17, 15) is 0 Å². The van der Waals surface area contributed by atoms with Gasteiger partial charge < -0.3 is 5.32 Å². The molecule has 3 heteroatoms. The minimum atomic E-state index is 0.660. The summed E-state index contributed by atoms with van der Waals surface area (Å²) in [6.07, 6.45) is 9.67. The average molecular weight is 230 g/mol. The Morgan fingerprint density at radius 2 is 1.93 bits per heavy atom. The van der Waals surface area contributed by atoms with Crippen LogP contribution in [-0.2, 0) is 0 Å². The number of hydrogen-bond donors (Lipinski definition) is 2. The van der Waals surface area contributed by atoms with Crippen molar-refractivity contribution in [2.24, 2.45) is 0 Å². The molecule has 0 aromatic heterocycles. The molecule has 0 aromatic rings. The van der Waals surface area contributed by atoms with Crippen LogP contribution < -0.4 is 5.32 Å². The Kier molecular flexibility index (Phi) is 7.49. The fraction of sp³-hybridized carbons (Fsp3) is 1.00. The quantitative estimate of drug-likeness (QED) is 0.516. The summed E-state index contributed by atoms with van der Waals surface area (Å²) in [5.74, 6) is 0. The lowest BCUT2D eigenvalue weighted by Crippen LogP contribution is -2.46. The van der Waals surface area contributed by atoms with Crippen molar-refractivity contribution in [1.29, 1.82) is 0 Å². The van der Waals surface area contributed by atoms with Gasteiger partial charge in [-0.1, -0.05) is 58.3 Å². The molecular formula is C12H26N2S. The summed E-state index contributed by atoms with van der Waals surface area (Å²) in [5, 5.41) is 3.44. The number of nitrogens with zero attached hydrogens (tertiary/aromatic N) is 1. The third-order valence-corrected chi connectivity index (χ3v) is 3.74. The second kappa shape index (κ2) is 8.43. The first-order valence-corrected chi connectivity index (χ1v) is 6.91. The standard InChI is InChI=1S/C12H26N2S/c1-2-3-4-5-6-7-8-12-11-13-9-10-14(12)15/h12-13,15H,2-11H2,1H3. The zero-order valence-corrected chi connectivity index (χ0v) is 10.9. The molecular weight excluding hydrogens is 204 g/mol. The molecule has 15 heavy (non-hydrogen) atoms.